The van der Waals surface area contributed by atoms with Crippen molar-refractivity contribution in [2.24, 2.45) is 0 Å². The second-order valence-corrected chi connectivity index (χ2v) is 9.09. The molecule has 1 saturated carbocycles. The Labute approximate surface area is 142 Å². The van der Waals surface area contributed by atoms with Crippen molar-refractivity contribution in [2.75, 3.05) is 19.3 Å². The summed E-state index contributed by atoms with van der Waals surface area (Å²) in [6.07, 6.45) is 0.240. The molecule has 1 heterocycles. The highest BCUT2D eigenvalue weighted by Gasteiger charge is 2.81. The topological polar surface area (TPSA) is 81.6 Å². The SMILES string of the molecule is C#[N+]C12CC(OS(C)(=O)=O)CC1([N+]#C)CN(C(=O)OC(C)(C)C)C2. The molecule has 132 valence electrons. The van der Waals surface area contributed by atoms with Gasteiger partial charge in [-0.05, 0) is 20.8 Å². The van der Waals surface area contributed by atoms with E-state index >= 15 is 0 Å². The predicted molar refractivity (Wildman–Crippen MR) is 88.8 cm³/mol. The van der Waals surface area contributed by atoms with Crippen molar-refractivity contribution in [2.45, 2.75) is 56.4 Å². The fraction of sp³-hybridized carbons (Fsp3) is 0.800. The lowest BCUT2D eigenvalue weighted by Crippen LogP contribution is -2.43. The molecule has 0 aromatic carbocycles. The maximum Gasteiger partial charge on any atom is 0.410 e. The summed E-state index contributed by atoms with van der Waals surface area (Å²) in [7, 11) is -3.63. The average Bonchev–Trinajstić information content (AvgIpc) is 2.84. The van der Waals surface area contributed by atoms with Crippen LogP contribution in [-0.2, 0) is 19.0 Å². The lowest BCUT2D eigenvalue weighted by Gasteiger charge is -2.24. The zero-order valence-electron chi connectivity index (χ0n) is 14.4. The van der Waals surface area contributed by atoms with Gasteiger partial charge >= 0.3 is 17.2 Å². The van der Waals surface area contributed by atoms with Crippen LogP contribution in [0.3, 0.4) is 0 Å². The van der Waals surface area contributed by atoms with Gasteiger partial charge in [0, 0.05) is 0 Å². The molecule has 0 radical (unpaired) electrons. The third-order valence-electron chi connectivity index (χ3n) is 4.36. The minimum atomic E-state index is -3.63. The highest BCUT2D eigenvalue weighted by molar-refractivity contribution is 7.86. The molecule has 0 aromatic heterocycles. The van der Waals surface area contributed by atoms with E-state index in [0.29, 0.717) is 0 Å². The number of fused-ring (bicyclic) bond motifs is 1. The number of ether oxygens (including phenoxy) is 1. The van der Waals surface area contributed by atoms with E-state index in [1.807, 2.05) is 0 Å². The minimum Gasteiger partial charge on any atom is -0.444 e. The van der Waals surface area contributed by atoms with E-state index in [4.69, 9.17) is 22.1 Å². The monoisotopic (exact) mass is 357 g/mol. The maximum absolute atomic E-state index is 12.3. The van der Waals surface area contributed by atoms with Gasteiger partial charge in [-0.3, -0.25) is 9.08 Å². The van der Waals surface area contributed by atoms with Crippen LogP contribution in [0, 0.1) is 13.1 Å². The van der Waals surface area contributed by atoms with E-state index < -0.39 is 39.0 Å². The summed E-state index contributed by atoms with van der Waals surface area (Å²) in [6, 6.07) is 0. The van der Waals surface area contributed by atoms with Gasteiger partial charge in [0.2, 0.25) is 0 Å². The minimum absolute atomic E-state index is 0.142. The summed E-state index contributed by atoms with van der Waals surface area (Å²) in [6.45, 7) is 16.8. The Kier molecular flexibility index (Phi) is 4.32. The Hall–Kier alpha value is -1.84. The number of amides is 1. The van der Waals surface area contributed by atoms with Crippen molar-refractivity contribution in [1.29, 1.82) is 0 Å². The van der Waals surface area contributed by atoms with Crippen LogP contribution in [0.2, 0.25) is 0 Å². The van der Waals surface area contributed by atoms with Crippen LogP contribution in [-0.4, -0.2) is 61.5 Å². The van der Waals surface area contributed by atoms with E-state index in [1.54, 1.807) is 20.8 Å². The molecular weight excluding hydrogens is 334 g/mol. The van der Waals surface area contributed by atoms with Gasteiger partial charge in [0.05, 0.1) is 25.2 Å². The molecule has 8 nitrogen and oxygen atoms in total. The first-order valence-corrected chi connectivity index (χ1v) is 9.37. The Morgan fingerprint density at radius 3 is 1.96 bits per heavy atom. The summed E-state index contributed by atoms with van der Waals surface area (Å²) in [4.78, 5) is 21.7. The summed E-state index contributed by atoms with van der Waals surface area (Å²) in [5.74, 6) is 0. The van der Waals surface area contributed by atoms with E-state index in [2.05, 4.69) is 9.69 Å². The third kappa shape index (κ3) is 3.33. The first kappa shape index (κ1) is 18.5. The van der Waals surface area contributed by atoms with Gasteiger partial charge in [0.25, 0.3) is 23.3 Å². The molecule has 2 fully saturated rings. The van der Waals surface area contributed by atoms with Crippen molar-refractivity contribution in [1.82, 2.24) is 4.90 Å². The van der Waals surface area contributed by atoms with Crippen LogP contribution in [0.4, 0.5) is 4.79 Å². The Morgan fingerprint density at radius 1 is 1.17 bits per heavy atom. The molecule has 24 heavy (non-hydrogen) atoms. The van der Waals surface area contributed by atoms with Gasteiger partial charge in [0.15, 0.2) is 0 Å². The molecule has 1 aliphatic carbocycles. The Morgan fingerprint density at radius 2 is 1.62 bits per heavy atom. The quantitative estimate of drug-likeness (QED) is 0.704. The smallest absolute Gasteiger partial charge is 0.410 e. The number of hydrogen-bond acceptors (Lipinski definition) is 5. The highest BCUT2D eigenvalue weighted by atomic mass is 32.2. The first-order valence-electron chi connectivity index (χ1n) is 7.56. The molecule has 1 aliphatic heterocycles. The van der Waals surface area contributed by atoms with Crippen LogP contribution in [0.15, 0.2) is 0 Å². The largest absolute Gasteiger partial charge is 0.444 e. The standard InChI is InChI=1S/C15H23N3O5S/c1-13(2,3)22-12(19)18-9-14(16-4)7-11(23-24(6,20)21)8-15(14,10-18)17-5/h4-5,11H,7-10H2,1-3,6H3/q+2. The fourth-order valence-corrected chi connectivity index (χ4v) is 4.14. The molecule has 1 saturated heterocycles. The molecule has 0 spiro atoms. The van der Waals surface area contributed by atoms with E-state index in [-0.39, 0.29) is 25.9 Å². The van der Waals surface area contributed by atoms with Crippen LogP contribution in [0.1, 0.15) is 33.6 Å². The van der Waals surface area contributed by atoms with Crippen molar-refractivity contribution < 1.29 is 22.1 Å². The highest BCUT2D eigenvalue weighted by Crippen LogP contribution is 2.51. The first-order chi connectivity index (χ1) is 10.9. The van der Waals surface area contributed by atoms with E-state index in [0.717, 1.165) is 6.26 Å². The lowest BCUT2D eigenvalue weighted by molar-refractivity contribution is 0.0271. The Bertz CT molecular complexity index is 698. The molecule has 2 atom stereocenters. The van der Waals surface area contributed by atoms with Crippen molar-refractivity contribution in [3.05, 3.63) is 9.69 Å². The normalized spacial score (nSPS) is 32.8. The second kappa shape index (κ2) is 5.61. The number of carbonyl (C=O) groups excluding carboxylic acids is 1. The summed E-state index contributed by atoms with van der Waals surface area (Å²) < 4.78 is 33.2. The van der Waals surface area contributed by atoms with Crippen molar-refractivity contribution in [3.63, 3.8) is 0 Å². The van der Waals surface area contributed by atoms with E-state index in [1.165, 1.54) is 4.90 Å². The average molecular weight is 357 g/mol. The summed E-state index contributed by atoms with van der Waals surface area (Å²) in [5, 5.41) is 0. The molecule has 2 rings (SSSR count). The summed E-state index contributed by atoms with van der Waals surface area (Å²) >= 11 is 0. The van der Waals surface area contributed by atoms with Crippen molar-refractivity contribution >= 4 is 16.2 Å². The molecule has 2 unspecified atom stereocenters. The van der Waals surface area contributed by atoms with Gasteiger partial charge in [-0.1, -0.05) is 9.69 Å². The lowest BCUT2D eigenvalue weighted by atomic mass is 9.84. The van der Waals surface area contributed by atoms with Crippen LogP contribution in [0.25, 0.3) is 9.69 Å². The fourth-order valence-electron chi connectivity index (χ4n) is 3.51. The molecule has 1 amide bonds. The number of carbonyl (C=O) groups is 1. The number of hydrogen-bond donors (Lipinski definition) is 0. The van der Waals surface area contributed by atoms with Crippen molar-refractivity contribution in [3.8, 4) is 13.1 Å². The van der Waals surface area contributed by atoms with Gasteiger partial charge in [-0.2, -0.15) is 8.42 Å². The number of rotatable bonds is 2. The van der Waals surface area contributed by atoms with Gasteiger partial charge in [-0.15, -0.1) is 0 Å². The van der Waals surface area contributed by atoms with Gasteiger partial charge in [0.1, 0.15) is 18.7 Å². The molecule has 0 aromatic rings. The summed E-state index contributed by atoms with van der Waals surface area (Å²) in [5.41, 5.74) is -2.63. The third-order valence-corrected chi connectivity index (χ3v) is 4.98. The molecule has 0 N–H and O–H groups in total. The van der Waals surface area contributed by atoms with Gasteiger partial charge in [-0.25, -0.2) is 4.79 Å². The van der Waals surface area contributed by atoms with Crippen LogP contribution < -0.4 is 0 Å². The molecule has 9 heteroatoms. The zero-order valence-corrected chi connectivity index (χ0v) is 15.2. The molecule has 0 bridgehead atoms. The predicted octanol–water partition coefficient (Wildman–Crippen LogP) is 1.78. The van der Waals surface area contributed by atoms with Crippen LogP contribution in [0.5, 0.6) is 0 Å². The van der Waals surface area contributed by atoms with Crippen LogP contribution >= 0.6 is 0 Å². The molecule has 2 aliphatic rings. The Balaban J connectivity index is 2.26. The maximum atomic E-state index is 12.3. The number of nitrogens with zero attached hydrogens (tertiary/aromatic N) is 3. The zero-order chi connectivity index (χ0) is 18.4. The van der Waals surface area contributed by atoms with Gasteiger partial charge < -0.3 is 4.74 Å². The second-order valence-electron chi connectivity index (χ2n) is 7.49. The van der Waals surface area contributed by atoms with E-state index in [9.17, 15) is 13.2 Å². The number of likely N-dealkylation sites (tertiary alicyclic amines) is 1. The molecular formula is C15H23N3O5S+2.